The van der Waals surface area contributed by atoms with E-state index in [2.05, 4.69) is 35.2 Å². The molecule has 2 rings (SSSR count). The smallest absolute Gasteiger partial charge is 0.0479 e. The van der Waals surface area contributed by atoms with Crippen LogP contribution >= 0.6 is 36.2 Å². The van der Waals surface area contributed by atoms with Crippen LogP contribution in [0.25, 0.3) is 0 Å². The summed E-state index contributed by atoms with van der Waals surface area (Å²) in [6, 6.07) is 2.76. The molecule has 0 unspecified atom stereocenters. The number of halogens is 2. The maximum atomic E-state index is 3.90. The lowest BCUT2D eigenvalue weighted by Gasteiger charge is -2.34. The van der Waals surface area contributed by atoms with Crippen LogP contribution in [-0.4, -0.2) is 31.1 Å². The van der Waals surface area contributed by atoms with E-state index >= 15 is 0 Å². The predicted molar refractivity (Wildman–Crippen MR) is 85.5 cm³/mol. The van der Waals surface area contributed by atoms with Crippen LogP contribution in [0.15, 0.2) is 24.1 Å². The molecule has 1 aliphatic rings. The van der Waals surface area contributed by atoms with Crippen molar-refractivity contribution in [1.82, 2.24) is 10.2 Å². The summed E-state index contributed by atoms with van der Waals surface area (Å²) in [6.07, 6.45) is 3.10. The monoisotopic (exact) mass is 308 g/mol. The van der Waals surface area contributed by atoms with Crippen LogP contribution in [0.5, 0.6) is 0 Å². The van der Waals surface area contributed by atoms with Gasteiger partial charge in [0, 0.05) is 37.1 Å². The molecule has 1 saturated heterocycles. The summed E-state index contributed by atoms with van der Waals surface area (Å²) < 4.78 is 0. The molecule has 2 heterocycles. The highest BCUT2D eigenvalue weighted by Crippen LogP contribution is 2.31. The number of rotatable bonds is 4. The standard InChI is InChI=1S/C13H20N2S.2ClH/c1-3-4-12(13-11(2)5-10-16-13)15-8-6-14-7-9-15;;/h3,5,10,12,14H,1,4,6-9H2,2H3;2*1H/t12-;;/m0../s1. The first kappa shape index (κ1) is 17.9. The fraction of sp³-hybridized carbons (Fsp3) is 0.538. The molecule has 1 atom stereocenters. The second kappa shape index (κ2) is 8.94. The Bertz CT molecular complexity index is 349. The average molecular weight is 309 g/mol. The summed E-state index contributed by atoms with van der Waals surface area (Å²) in [5, 5.41) is 5.60. The number of thiophene rings is 1. The van der Waals surface area contributed by atoms with Gasteiger partial charge >= 0.3 is 0 Å². The lowest BCUT2D eigenvalue weighted by molar-refractivity contribution is 0.176. The Labute approximate surface area is 126 Å². The summed E-state index contributed by atoms with van der Waals surface area (Å²) >= 11 is 1.88. The molecule has 0 radical (unpaired) electrons. The van der Waals surface area contributed by atoms with Crippen molar-refractivity contribution >= 4 is 36.2 Å². The van der Waals surface area contributed by atoms with E-state index in [-0.39, 0.29) is 24.8 Å². The van der Waals surface area contributed by atoms with Gasteiger partial charge in [-0.25, -0.2) is 0 Å². The number of hydrogen-bond donors (Lipinski definition) is 1. The minimum Gasteiger partial charge on any atom is -0.314 e. The van der Waals surface area contributed by atoms with Crippen LogP contribution in [0.3, 0.4) is 0 Å². The topological polar surface area (TPSA) is 15.3 Å². The maximum Gasteiger partial charge on any atom is 0.0479 e. The van der Waals surface area contributed by atoms with Crippen LogP contribution < -0.4 is 5.32 Å². The minimum absolute atomic E-state index is 0. The third-order valence-electron chi connectivity index (χ3n) is 3.19. The quantitative estimate of drug-likeness (QED) is 0.857. The van der Waals surface area contributed by atoms with E-state index in [9.17, 15) is 0 Å². The van der Waals surface area contributed by atoms with Gasteiger partial charge in [0.2, 0.25) is 0 Å². The van der Waals surface area contributed by atoms with Gasteiger partial charge < -0.3 is 5.32 Å². The molecule has 0 spiro atoms. The second-order valence-corrected chi connectivity index (χ2v) is 5.24. The lowest BCUT2D eigenvalue weighted by atomic mass is 10.1. The minimum atomic E-state index is 0. The summed E-state index contributed by atoms with van der Waals surface area (Å²) in [5.74, 6) is 0. The van der Waals surface area contributed by atoms with Gasteiger partial charge in [-0.1, -0.05) is 6.08 Å². The largest absolute Gasteiger partial charge is 0.314 e. The Morgan fingerprint density at radius 2 is 2.11 bits per heavy atom. The highest BCUT2D eigenvalue weighted by Gasteiger charge is 2.22. The highest BCUT2D eigenvalue weighted by molar-refractivity contribution is 7.10. The normalized spacial score (nSPS) is 17.4. The van der Waals surface area contributed by atoms with Crippen molar-refractivity contribution in [2.75, 3.05) is 26.2 Å². The fourth-order valence-corrected chi connectivity index (χ4v) is 3.37. The van der Waals surface area contributed by atoms with Crippen molar-refractivity contribution in [3.8, 4) is 0 Å². The van der Waals surface area contributed by atoms with Gasteiger partial charge in [0.15, 0.2) is 0 Å². The van der Waals surface area contributed by atoms with Crippen molar-refractivity contribution in [2.45, 2.75) is 19.4 Å². The molecule has 0 amide bonds. The zero-order valence-electron chi connectivity index (χ0n) is 10.7. The average Bonchev–Trinajstić information content (AvgIpc) is 2.73. The molecular formula is C13H22Cl2N2S. The molecule has 0 aromatic carbocycles. The third-order valence-corrected chi connectivity index (χ3v) is 4.31. The molecule has 104 valence electrons. The Morgan fingerprint density at radius 1 is 1.44 bits per heavy atom. The SMILES string of the molecule is C=CC[C@@H](c1sccc1C)N1CCNCC1.Cl.Cl. The fourth-order valence-electron chi connectivity index (χ4n) is 2.30. The molecule has 18 heavy (non-hydrogen) atoms. The first-order valence-corrected chi connectivity index (χ1v) is 6.80. The van der Waals surface area contributed by atoms with Gasteiger partial charge in [-0.15, -0.1) is 42.7 Å². The van der Waals surface area contributed by atoms with Crippen molar-refractivity contribution in [2.24, 2.45) is 0 Å². The molecule has 0 aliphatic carbocycles. The first-order chi connectivity index (χ1) is 7.83. The van der Waals surface area contributed by atoms with Crippen molar-refractivity contribution in [1.29, 1.82) is 0 Å². The Balaban J connectivity index is 0.00000144. The van der Waals surface area contributed by atoms with Crippen LogP contribution in [-0.2, 0) is 0 Å². The molecule has 5 heteroatoms. The van der Waals surface area contributed by atoms with Crippen LogP contribution in [0, 0.1) is 6.92 Å². The summed E-state index contributed by atoms with van der Waals surface area (Å²) in [4.78, 5) is 4.10. The molecule has 1 fully saturated rings. The van der Waals surface area contributed by atoms with Crippen LogP contribution in [0.4, 0.5) is 0 Å². The molecule has 1 aliphatic heterocycles. The Morgan fingerprint density at radius 3 is 2.61 bits per heavy atom. The number of nitrogens with zero attached hydrogens (tertiary/aromatic N) is 1. The van der Waals surface area contributed by atoms with Crippen molar-refractivity contribution < 1.29 is 0 Å². The number of hydrogen-bond acceptors (Lipinski definition) is 3. The molecule has 1 aromatic rings. The molecule has 1 aromatic heterocycles. The van der Waals surface area contributed by atoms with Crippen molar-refractivity contribution in [3.63, 3.8) is 0 Å². The Kier molecular flexibility index (Phi) is 8.91. The van der Waals surface area contributed by atoms with E-state index < -0.39 is 0 Å². The Hall–Kier alpha value is -0.0600. The second-order valence-electron chi connectivity index (χ2n) is 4.29. The van der Waals surface area contributed by atoms with Gasteiger partial charge in [-0.05, 0) is 30.4 Å². The zero-order chi connectivity index (χ0) is 11.4. The van der Waals surface area contributed by atoms with Gasteiger partial charge in [-0.3, -0.25) is 4.90 Å². The van der Waals surface area contributed by atoms with Crippen LogP contribution in [0.1, 0.15) is 22.9 Å². The molecular weight excluding hydrogens is 287 g/mol. The van der Waals surface area contributed by atoms with E-state index in [1.54, 1.807) is 0 Å². The van der Waals surface area contributed by atoms with E-state index in [1.165, 1.54) is 10.4 Å². The van der Waals surface area contributed by atoms with Gasteiger partial charge in [0.05, 0.1) is 0 Å². The highest BCUT2D eigenvalue weighted by atomic mass is 35.5. The van der Waals surface area contributed by atoms with Gasteiger partial charge in [0.1, 0.15) is 0 Å². The van der Waals surface area contributed by atoms with E-state index in [0.29, 0.717) is 6.04 Å². The predicted octanol–water partition coefficient (Wildman–Crippen LogP) is 3.42. The summed E-state index contributed by atoms with van der Waals surface area (Å²) in [5.41, 5.74) is 1.43. The maximum absolute atomic E-state index is 3.90. The van der Waals surface area contributed by atoms with Gasteiger partial charge in [0.25, 0.3) is 0 Å². The van der Waals surface area contributed by atoms with E-state index in [0.717, 1.165) is 32.6 Å². The molecule has 0 bridgehead atoms. The van der Waals surface area contributed by atoms with E-state index in [4.69, 9.17) is 0 Å². The van der Waals surface area contributed by atoms with Crippen LogP contribution in [0.2, 0.25) is 0 Å². The lowest BCUT2D eigenvalue weighted by Crippen LogP contribution is -2.45. The first-order valence-electron chi connectivity index (χ1n) is 5.92. The number of nitrogens with one attached hydrogen (secondary N) is 1. The third kappa shape index (κ3) is 4.25. The number of aryl methyl sites for hydroxylation is 1. The van der Waals surface area contributed by atoms with E-state index in [1.807, 2.05) is 17.4 Å². The van der Waals surface area contributed by atoms with Crippen molar-refractivity contribution in [3.05, 3.63) is 34.5 Å². The molecule has 0 saturated carbocycles. The summed E-state index contributed by atoms with van der Waals surface area (Å²) in [6.45, 7) is 10.6. The number of piperazine rings is 1. The summed E-state index contributed by atoms with van der Waals surface area (Å²) in [7, 11) is 0. The molecule has 1 N–H and O–H groups in total. The zero-order valence-corrected chi connectivity index (χ0v) is 13.2. The van der Waals surface area contributed by atoms with Gasteiger partial charge in [-0.2, -0.15) is 0 Å². The molecule has 2 nitrogen and oxygen atoms in total.